The molecule has 0 spiro atoms. The van der Waals surface area contributed by atoms with E-state index in [4.69, 9.17) is 4.74 Å². The van der Waals surface area contributed by atoms with Gasteiger partial charge in [-0.15, -0.1) is 0 Å². The highest BCUT2D eigenvalue weighted by Gasteiger charge is 2.71. The van der Waals surface area contributed by atoms with Crippen LogP contribution in [0.4, 0.5) is 0 Å². The second-order valence-electron chi connectivity index (χ2n) is 22.2. The van der Waals surface area contributed by atoms with Gasteiger partial charge in [0.15, 0.2) is 0 Å². The molecule has 0 aromatic heterocycles. The summed E-state index contributed by atoms with van der Waals surface area (Å²) in [5.41, 5.74) is 0.502. The smallest absolute Gasteiger partial charge is 0.306 e. The summed E-state index contributed by atoms with van der Waals surface area (Å²) in [5.74, 6) is -0.287. The quantitative estimate of drug-likeness (QED) is 0.143. The van der Waals surface area contributed by atoms with Crippen LogP contribution >= 0.6 is 0 Å². The number of rotatable bonds is 9. The number of phenols is 1. The van der Waals surface area contributed by atoms with Gasteiger partial charge in [-0.3, -0.25) is 28.9 Å². The molecular formula is C49H70N2O8. The minimum Gasteiger partial charge on any atom is -0.507 e. The summed E-state index contributed by atoms with van der Waals surface area (Å²) in [6.45, 7) is 22.9. The molecule has 10 atom stereocenters. The van der Waals surface area contributed by atoms with Gasteiger partial charge in [0.25, 0.3) is 5.91 Å². The van der Waals surface area contributed by atoms with E-state index in [1.54, 1.807) is 17.0 Å². The molecule has 5 aliphatic carbocycles. The van der Waals surface area contributed by atoms with E-state index >= 15 is 0 Å². The molecule has 1 aromatic carbocycles. The third-order valence-electron chi connectivity index (χ3n) is 18.2. The monoisotopic (exact) mass is 815 g/mol. The van der Waals surface area contributed by atoms with Crippen LogP contribution in [0.15, 0.2) is 36.4 Å². The molecule has 6 fully saturated rings. The number of hydrogen-bond acceptors (Lipinski definition) is 7. The molecule has 324 valence electrons. The molecule has 59 heavy (non-hydrogen) atoms. The number of ether oxygens (including phenoxy) is 1. The summed E-state index contributed by atoms with van der Waals surface area (Å²) in [4.78, 5) is 68.5. The van der Waals surface area contributed by atoms with Gasteiger partial charge in [0.2, 0.25) is 11.8 Å². The van der Waals surface area contributed by atoms with Gasteiger partial charge in [0, 0.05) is 24.9 Å². The summed E-state index contributed by atoms with van der Waals surface area (Å²) in [6, 6.07) is 6.24. The van der Waals surface area contributed by atoms with Crippen molar-refractivity contribution in [3.63, 3.8) is 0 Å². The predicted molar refractivity (Wildman–Crippen MR) is 225 cm³/mol. The number of esters is 1. The molecule has 1 heterocycles. The number of aromatic hydroxyl groups is 1. The van der Waals surface area contributed by atoms with Gasteiger partial charge in [0.05, 0.1) is 18.4 Å². The second-order valence-corrected chi connectivity index (χ2v) is 22.2. The molecule has 1 aliphatic heterocycles. The van der Waals surface area contributed by atoms with Crippen LogP contribution in [0.5, 0.6) is 5.75 Å². The molecule has 0 unspecified atom stereocenters. The Bertz CT molecular complexity index is 1900. The van der Waals surface area contributed by atoms with Crippen molar-refractivity contribution in [3.05, 3.63) is 42.0 Å². The van der Waals surface area contributed by atoms with Gasteiger partial charge in [-0.25, -0.2) is 0 Å². The summed E-state index contributed by atoms with van der Waals surface area (Å²) in [6.07, 6.45) is 10.5. The summed E-state index contributed by atoms with van der Waals surface area (Å²) < 4.78 is 6.28. The van der Waals surface area contributed by atoms with Crippen LogP contribution in [0.2, 0.25) is 0 Å². The summed E-state index contributed by atoms with van der Waals surface area (Å²) in [5, 5.41) is 19.6. The number of imide groups is 1. The van der Waals surface area contributed by atoms with E-state index in [0.717, 1.165) is 64.2 Å². The third-order valence-corrected chi connectivity index (χ3v) is 18.2. The maximum absolute atomic E-state index is 14.4. The van der Waals surface area contributed by atoms with Crippen molar-refractivity contribution in [3.8, 4) is 5.75 Å². The number of carboxylic acids is 1. The number of nitrogens with zero attached hydrogens (tertiary/aromatic N) is 2. The number of aliphatic carboxylic acids is 1. The lowest BCUT2D eigenvalue weighted by atomic mass is 9.32. The molecule has 0 bridgehead atoms. The highest BCUT2D eigenvalue weighted by Crippen LogP contribution is 2.78. The Morgan fingerprint density at radius 1 is 0.864 bits per heavy atom. The van der Waals surface area contributed by atoms with Crippen molar-refractivity contribution < 1.29 is 38.9 Å². The molecule has 10 heteroatoms. The van der Waals surface area contributed by atoms with Crippen LogP contribution in [-0.4, -0.2) is 75.4 Å². The number of fused-ring (bicyclic) bond motifs is 7. The fraction of sp³-hybridized carbons (Fsp3) is 0.735. The number of hydrogen-bond donors (Lipinski definition) is 2. The normalized spacial score (nSPS) is 37.7. The molecule has 7 rings (SSSR count). The number of carbonyl (C=O) groups excluding carboxylic acids is 4. The van der Waals surface area contributed by atoms with E-state index in [2.05, 4.69) is 48.1 Å². The van der Waals surface area contributed by atoms with Gasteiger partial charge in [0.1, 0.15) is 18.4 Å². The van der Waals surface area contributed by atoms with E-state index in [0.29, 0.717) is 36.0 Å². The number of carboxylic acid groups (broad SMARTS) is 1. The van der Waals surface area contributed by atoms with Crippen molar-refractivity contribution in [2.24, 2.45) is 62.1 Å². The van der Waals surface area contributed by atoms with Gasteiger partial charge < -0.3 is 19.8 Å². The topological polar surface area (TPSA) is 142 Å². The van der Waals surface area contributed by atoms with E-state index in [1.165, 1.54) is 22.6 Å². The first-order valence-electron chi connectivity index (χ1n) is 22.5. The van der Waals surface area contributed by atoms with Gasteiger partial charge in [-0.2, -0.15) is 0 Å². The Morgan fingerprint density at radius 2 is 1.58 bits per heavy atom. The largest absolute Gasteiger partial charge is 0.507 e. The fourth-order valence-corrected chi connectivity index (χ4v) is 15.2. The first-order chi connectivity index (χ1) is 27.5. The van der Waals surface area contributed by atoms with Crippen molar-refractivity contribution >= 4 is 29.7 Å². The van der Waals surface area contributed by atoms with Crippen LogP contribution < -0.4 is 0 Å². The average molecular weight is 815 g/mol. The zero-order valence-corrected chi connectivity index (χ0v) is 37.0. The molecule has 2 N–H and O–H groups in total. The first-order valence-corrected chi connectivity index (χ1v) is 22.5. The number of phenolic OH excluding ortho intramolecular Hbond substituents is 1. The Labute approximate surface area is 351 Å². The molecule has 1 saturated heterocycles. The fourth-order valence-electron chi connectivity index (χ4n) is 15.2. The molecular weight excluding hydrogens is 745 g/mol. The number of allylic oxidation sites excluding steroid dienone is 1. The standard InChI is InChI=1S/C49H70N2O8/c1-30(2)31-16-21-49(26-38(53)50-24-25-51(39(54)29-50)43(58)32-12-10-11-13-34(32)52)23-22-47(8)33(42(31)49)14-15-36-46(7)19-18-37(45(5,6)35(46)17-20-48(36,47)9)59-41(57)28-44(3,4)27-40(55)56/h10-13,31,33,35-37,42,52H,1,14-29H2,2-9H3,(H,55,56)/t31-,33+,35-,36+,37-,42+,46-,47+,48+,49+/m0/s1. The maximum atomic E-state index is 14.4. The highest BCUT2D eigenvalue weighted by atomic mass is 16.5. The van der Waals surface area contributed by atoms with Gasteiger partial charge in [-0.1, -0.05) is 72.8 Å². The summed E-state index contributed by atoms with van der Waals surface area (Å²) in [7, 11) is 0. The average Bonchev–Trinajstić information content (AvgIpc) is 3.52. The van der Waals surface area contributed by atoms with Crippen molar-refractivity contribution in [2.45, 2.75) is 145 Å². The molecule has 5 saturated carbocycles. The number of amides is 3. The number of carbonyl (C=O) groups is 5. The maximum Gasteiger partial charge on any atom is 0.306 e. The van der Waals surface area contributed by atoms with Crippen LogP contribution in [0.3, 0.4) is 0 Å². The Kier molecular flexibility index (Phi) is 11.1. The molecule has 3 amide bonds. The second kappa shape index (κ2) is 15.0. The minimum atomic E-state index is -0.907. The molecule has 6 aliphatic rings. The van der Waals surface area contributed by atoms with Crippen LogP contribution in [0.1, 0.15) is 149 Å². The van der Waals surface area contributed by atoms with E-state index in [-0.39, 0.29) is 88.8 Å². The molecule has 10 nitrogen and oxygen atoms in total. The first kappa shape index (κ1) is 43.4. The van der Waals surface area contributed by atoms with Gasteiger partial charge >= 0.3 is 11.9 Å². The van der Waals surface area contributed by atoms with Crippen molar-refractivity contribution in [1.29, 1.82) is 0 Å². The number of benzene rings is 1. The van der Waals surface area contributed by atoms with E-state index < -0.39 is 23.2 Å². The van der Waals surface area contributed by atoms with Crippen molar-refractivity contribution in [2.75, 3.05) is 19.6 Å². The lowest BCUT2D eigenvalue weighted by Gasteiger charge is -2.73. The molecule has 0 radical (unpaired) electrons. The lowest BCUT2D eigenvalue weighted by molar-refractivity contribution is -0.250. The van der Waals surface area contributed by atoms with E-state index in [9.17, 15) is 34.2 Å². The highest BCUT2D eigenvalue weighted by molar-refractivity contribution is 6.07. The van der Waals surface area contributed by atoms with Crippen molar-refractivity contribution in [1.82, 2.24) is 9.80 Å². The summed E-state index contributed by atoms with van der Waals surface area (Å²) >= 11 is 0. The Hall–Kier alpha value is -3.69. The number of para-hydroxylation sites is 1. The lowest BCUT2D eigenvalue weighted by Crippen LogP contribution is -2.67. The Morgan fingerprint density at radius 3 is 2.24 bits per heavy atom. The zero-order valence-electron chi connectivity index (χ0n) is 37.0. The van der Waals surface area contributed by atoms with E-state index in [1.807, 2.05) is 13.8 Å². The minimum absolute atomic E-state index is 0.00188. The van der Waals surface area contributed by atoms with Crippen LogP contribution in [0, 0.1) is 62.1 Å². The van der Waals surface area contributed by atoms with Crippen LogP contribution in [0.25, 0.3) is 0 Å². The molecule has 1 aromatic rings. The predicted octanol–water partition coefficient (Wildman–Crippen LogP) is 9.05. The van der Waals surface area contributed by atoms with Gasteiger partial charge in [-0.05, 0) is 140 Å². The number of piperazine rings is 1. The zero-order chi connectivity index (χ0) is 43.1. The SMILES string of the molecule is C=C(C)[C@@H]1CC[C@]2(CC(=O)N3CCN(C(=O)c4ccccc4O)C(=O)C3)CC[C@]3(C)[C@H](CC[C@@H]4[C@@]5(C)CC[C@H](OC(=O)CC(C)(C)CC(=O)O)C(C)(C)[C@@H]5CC[C@]43C)[C@@H]12. The third kappa shape index (κ3) is 7.14. The Balaban J connectivity index is 1.08. The van der Waals surface area contributed by atoms with Crippen LogP contribution in [-0.2, 0) is 23.9 Å².